The molecule has 1 unspecified atom stereocenters. The van der Waals surface area contributed by atoms with Gasteiger partial charge in [0.15, 0.2) is 11.0 Å². The van der Waals surface area contributed by atoms with Gasteiger partial charge in [-0.15, -0.1) is 11.3 Å². The number of anilines is 1. The lowest BCUT2D eigenvalue weighted by Crippen LogP contribution is -2.36. The molecule has 0 radical (unpaired) electrons. The summed E-state index contributed by atoms with van der Waals surface area (Å²) in [5, 5.41) is 2.11. The Morgan fingerprint density at radius 1 is 0.938 bits per heavy atom. The van der Waals surface area contributed by atoms with Crippen LogP contribution in [0, 0.1) is 5.82 Å². The van der Waals surface area contributed by atoms with Gasteiger partial charge in [-0.25, -0.2) is 14.4 Å². The molecule has 1 aliphatic rings. The number of amides is 1. The van der Waals surface area contributed by atoms with Gasteiger partial charge in [-0.2, -0.15) is 0 Å². The summed E-state index contributed by atoms with van der Waals surface area (Å²) in [6.07, 6.45) is 0. The average molecular weight is 459 g/mol. The number of aromatic nitrogens is 3. The first-order chi connectivity index (χ1) is 15.7. The average Bonchev–Trinajstić information content (AvgIpc) is 3.47. The summed E-state index contributed by atoms with van der Waals surface area (Å²) < 4.78 is 13.6. The summed E-state index contributed by atoms with van der Waals surface area (Å²) in [6.45, 7) is 0. The zero-order valence-corrected chi connectivity index (χ0v) is 18.2. The maximum atomic E-state index is 13.6. The van der Waals surface area contributed by atoms with E-state index < -0.39 is 0 Å². The highest BCUT2D eigenvalue weighted by Gasteiger charge is 2.36. The Hall–Kier alpha value is -3.49. The Kier molecular flexibility index (Phi) is 4.55. The van der Waals surface area contributed by atoms with Crippen molar-refractivity contribution in [2.75, 3.05) is 4.90 Å². The lowest BCUT2D eigenvalue weighted by Gasteiger charge is -2.34. The first kappa shape index (κ1) is 19.2. The minimum atomic E-state index is -0.354. The number of benzene rings is 3. The number of nitrogens with one attached hydrogen (secondary N) is 1. The highest BCUT2D eigenvalue weighted by molar-refractivity contribution is 7.99. The van der Waals surface area contributed by atoms with E-state index in [1.54, 1.807) is 28.8 Å². The lowest BCUT2D eigenvalue weighted by molar-refractivity contribution is 0.0979. The van der Waals surface area contributed by atoms with Crippen LogP contribution in [0.5, 0.6) is 0 Å². The normalized spacial score (nSPS) is 15.8. The Balaban J connectivity index is 1.44. The molecule has 1 amide bonds. The third-order valence-electron chi connectivity index (χ3n) is 5.29. The minimum Gasteiger partial charge on any atom is -0.337 e. The molecule has 0 bridgehead atoms. The first-order valence-electron chi connectivity index (χ1n) is 9.93. The van der Waals surface area contributed by atoms with Crippen molar-refractivity contribution >= 4 is 45.2 Å². The molecule has 3 heterocycles. The minimum absolute atomic E-state index is 0.126. The Morgan fingerprint density at radius 2 is 1.72 bits per heavy atom. The van der Waals surface area contributed by atoms with Crippen molar-refractivity contribution in [3.05, 3.63) is 95.1 Å². The molecule has 0 saturated carbocycles. The van der Waals surface area contributed by atoms with Crippen LogP contribution < -0.4 is 4.90 Å². The van der Waals surface area contributed by atoms with Gasteiger partial charge in [0.25, 0.3) is 5.91 Å². The molecule has 2 aromatic heterocycles. The summed E-state index contributed by atoms with van der Waals surface area (Å²) in [7, 11) is 0. The molecule has 1 N–H and O–H groups in total. The number of carbonyl (C=O) groups is 1. The molecule has 0 spiro atoms. The number of hydrogen-bond donors (Lipinski definition) is 1. The van der Waals surface area contributed by atoms with Gasteiger partial charge in [0, 0.05) is 10.3 Å². The molecule has 5 aromatic rings. The van der Waals surface area contributed by atoms with Crippen molar-refractivity contribution in [3.63, 3.8) is 0 Å². The van der Waals surface area contributed by atoms with Crippen LogP contribution in [0.15, 0.2) is 83.1 Å². The molecule has 1 aliphatic heterocycles. The van der Waals surface area contributed by atoms with E-state index in [-0.39, 0.29) is 17.1 Å². The molecule has 5 nitrogen and oxygen atoms in total. The molecule has 0 aliphatic carbocycles. The van der Waals surface area contributed by atoms with Crippen molar-refractivity contribution < 1.29 is 9.18 Å². The second-order valence-corrected chi connectivity index (χ2v) is 9.27. The van der Waals surface area contributed by atoms with Crippen LogP contribution in [0.2, 0.25) is 0 Å². The van der Waals surface area contributed by atoms with Gasteiger partial charge in [0.2, 0.25) is 0 Å². The number of aromatic amines is 1. The van der Waals surface area contributed by atoms with E-state index in [0.717, 1.165) is 21.5 Å². The van der Waals surface area contributed by atoms with E-state index in [9.17, 15) is 9.18 Å². The van der Waals surface area contributed by atoms with Crippen LogP contribution >= 0.6 is 23.1 Å². The fourth-order valence-corrected chi connectivity index (χ4v) is 5.92. The first-order valence-corrected chi connectivity index (χ1v) is 11.7. The van der Waals surface area contributed by atoms with E-state index >= 15 is 0 Å². The molecular formula is C24H15FN4OS2. The number of fused-ring (bicyclic) bond motifs is 2. The topological polar surface area (TPSA) is 61.9 Å². The van der Waals surface area contributed by atoms with Crippen LogP contribution in [-0.2, 0) is 0 Å². The molecule has 0 fully saturated rings. The molecule has 0 saturated heterocycles. The van der Waals surface area contributed by atoms with Crippen molar-refractivity contribution in [1.82, 2.24) is 15.0 Å². The predicted octanol–water partition coefficient (Wildman–Crippen LogP) is 6.28. The molecule has 6 rings (SSSR count). The van der Waals surface area contributed by atoms with Crippen LogP contribution in [0.3, 0.4) is 0 Å². The van der Waals surface area contributed by atoms with Crippen molar-refractivity contribution in [1.29, 1.82) is 0 Å². The summed E-state index contributed by atoms with van der Waals surface area (Å²) in [5.41, 5.74) is 3.94. The van der Waals surface area contributed by atoms with Crippen LogP contribution in [-0.4, -0.2) is 20.9 Å². The van der Waals surface area contributed by atoms with E-state index in [0.29, 0.717) is 22.2 Å². The SMILES string of the molecule is O=C1c2ccccc2SC(c2ccc(F)cc2)N1c1nc(-c2nc3ccccc3[nH]2)cs1. The number of hydrogen-bond acceptors (Lipinski definition) is 5. The molecule has 156 valence electrons. The van der Waals surface area contributed by atoms with Gasteiger partial charge in [0.05, 0.1) is 16.6 Å². The van der Waals surface area contributed by atoms with E-state index in [1.165, 1.54) is 23.5 Å². The molecular weight excluding hydrogens is 443 g/mol. The van der Waals surface area contributed by atoms with Crippen molar-refractivity contribution in [2.45, 2.75) is 10.3 Å². The summed E-state index contributed by atoms with van der Waals surface area (Å²) in [6, 6.07) is 21.6. The third-order valence-corrected chi connectivity index (χ3v) is 7.45. The smallest absolute Gasteiger partial charge is 0.262 e. The number of halogens is 1. The fourth-order valence-electron chi connectivity index (χ4n) is 3.74. The lowest BCUT2D eigenvalue weighted by atomic mass is 10.1. The molecule has 8 heteroatoms. The number of carbonyl (C=O) groups excluding carboxylic acids is 1. The number of rotatable bonds is 3. The maximum absolute atomic E-state index is 13.6. The second kappa shape index (κ2) is 7.58. The fraction of sp³-hybridized carbons (Fsp3) is 0.0417. The number of para-hydroxylation sites is 2. The van der Waals surface area contributed by atoms with Crippen molar-refractivity contribution in [2.24, 2.45) is 0 Å². The van der Waals surface area contributed by atoms with E-state index in [1.807, 2.05) is 53.9 Å². The van der Waals surface area contributed by atoms with Gasteiger partial charge in [-0.1, -0.05) is 48.2 Å². The number of nitrogens with zero attached hydrogens (tertiary/aromatic N) is 3. The standard InChI is InChI=1S/C24H15FN4OS2/c25-15-11-9-14(10-12-15)23-29(22(30)16-5-1-4-8-20(16)32-23)24-28-19(13-31-24)21-26-17-6-2-3-7-18(17)27-21/h1-13,23H,(H,26,27). The summed E-state index contributed by atoms with van der Waals surface area (Å²) in [4.78, 5) is 28.8. The van der Waals surface area contributed by atoms with Crippen LogP contribution in [0.25, 0.3) is 22.6 Å². The second-order valence-electron chi connectivity index (χ2n) is 7.31. The Bertz CT molecular complexity index is 1430. The molecule has 32 heavy (non-hydrogen) atoms. The highest BCUT2D eigenvalue weighted by atomic mass is 32.2. The molecule has 3 aromatic carbocycles. The van der Waals surface area contributed by atoms with Gasteiger partial charge < -0.3 is 4.98 Å². The molecule has 1 atom stereocenters. The quantitative estimate of drug-likeness (QED) is 0.346. The van der Waals surface area contributed by atoms with E-state index in [2.05, 4.69) is 9.97 Å². The number of imidazole rings is 1. The maximum Gasteiger partial charge on any atom is 0.262 e. The Labute approximate surface area is 191 Å². The predicted molar refractivity (Wildman–Crippen MR) is 125 cm³/mol. The van der Waals surface area contributed by atoms with E-state index in [4.69, 9.17) is 4.98 Å². The van der Waals surface area contributed by atoms with Gasteiger partial charge in [-0.3, -0.25) is 9.69 Å². The largest absolute Gasteiger partial charge is 0.337 e. The highest BCUT2D eigenvalue weighted by Crippen LogP contribution is 2.47. The van der Waals surface area contributed by atoms with Gasteiger partial charge in [-0.05, 0) is 42.0 Å². The zero-order chi connectivity index (χ0) is 21.7. The number of thioether (sulfide) groups is 1. The third kappa shape index (κ3) is 3.19. The van der Waals surface area contributed by atoms with Crippen LogP contribution in [0.4, 0.5) is 9.52 Å². The van der Waals surface area contributed by atoms with Crippen molar-refractivity contribution in [3.8, 4) is 11.5 Å². The number of H-pyrrole nitrogens is 1. The van der Waals surface area contributed by atoms with Gasteiger partial charge in [0.1, 0.15) is 16.9 Å². The van der Waals surface area contributed by atoms with Crippen LogP contribution in [0.1, 0.15) is 21.3 Å². The zero-order valence-electron chi connectivity index (χ0n) is 16.5. The van der Waals surface area contributed by atoms with Gasteiger partial charge >= 0.3 is 0 Å². The summed E-state index contributed by atoms with van der Waals surface area (Å²) >= 11 is 2.94. The summed E-state index contributed by atoms with van der Waals surface area (Å²) in [5.74, 6) is 0.220. The Morgan fingerprint density at radius 3 is 2.56 bits per heavy atom. The number of thiazole rings is 1. The monoisotopic (exact) mass is 458 g/mol.